The van der Waals surface area contributed by atoms with Crippen LogP contribution in [0.4, 0.5) is 0 Å². The van der Waals surface area contributed by atoms with Crippen molar-refractivity contribution in [3.8, 4) is 0 Å². The van der Waals surface area contributed by atoms with Crippen molar-refractivity contribution in [3.63, 3.8) is 0 Å². The zero-order chi connectivity index (χ0) is 17.5. The number of rotatable bonds is 2. The highest BCUT2D eigenvalue weighted by molar-refractivity contribution is 7.03. The standard InChI is InChI=1S/C15H20N6O2S/c1-15(2,3)12-8-11(19(4)17-12)14(23)21-7-5-6-20(21)13(22)10-9-24-18-16-10/h8-9H,5-7H2,1-4H3. The lowest BCUT2D eigenvalue weighted by atomic mass is 9.92. The first kappa shape index (κ1) is 16.6. The molecule has 0 atom stereocenters. The maximum Gasteiger partial charge on any atom is 0.293 e. The number of nitrogens with zero attached hydrogens (tertiary/aromatic N) is 6. The first-order valence-corrected chi connectivity index (χ1v) is 8.58. The summed E-state index contributed by atoms with van der Waals surface area (Å²) in [5.74, 6) is -0.526. The summed E-state index contributed by atoms with van der Waals surface area (Å²) in [7, 11) is 1.75. The van der Waals surface area contributed by atoms with Crippen LogP contribution in [0.3, 0.4) is 0 Å². The molecule has 0 N–H and O–H groups in total. The Hall–Kier alpha value is -2.29. The predicted octanol–water partition coefficient (Wildman–Crippen LogP) is 1.47. The van der Waals surface area contributed by atoms with Gasteiger partial charge in [0, 0.05) is 30.9 Å². The van der Waals surface area contributed by atoms with Crippen molar-refractivity contribution in [2.75, 3.05) is 13.1 Å². The van der Waals surface area contributed by atoms with E-state index >= 15 is 0 Å². The molecule has 0 unspecified atom stereocenters. The van der Waals surface area contributed by atoms with Crippen molar-refractivity contribution in [1.82, 2.24) is 29.4 Å². The van der Waals surface area contributed by atoms with Crippen LogP contribution in [0.15, 0.2) is 11.4 Å². The van der Waals surface area contributed by atoms with E-state index in [0.717, 1.165) is 23.6 Å². The van der Waals surface area contributed by atoms with Crippen LogP contribution in [0.2, 0.25) is 0 Å². The van der Waals surface area contributed by atoms with E-state index in [1.54, 1.807) is 23.2 Å². The molecule has 0 aliphatic carbocycles. The van der Waals surface area contributed by atoms with Crippen LogP contribution in [0.25, 0.3) is 0 Å². The highest BCUT2D eigenvalue weighted by atomic mass is 32.1. The minimum Gasteiger partial charge on any atom is -0.265 e. The molecule has 1 fully saturated rings. The monoisotopic (exact) mass is 348 g/mol. The molecule has 1 aliphatic heterocycles. The summed E-state index contributed by atoms with van der Waals surface area (Å²) in [6.45, 7) is 7.13. The van der Waals surface area contributed by atoms with Gasteiger partial charge in [0.15, 0.2) is 5.69 Å². The number of hydrogen-bond donors (Lipinski definition) is 0. The Labute approximate surface area is 144 Å². The molecule has 128 valence electrons. The average molecular weight is 348 g/mol. The molecular formula is C15H20N6O2S. The minimum absolute atomic E-state index is 0.150. The van der Waals surface area contributed by atoms with Crippen molar-refractivity contribution in [1.29, 1.82) is 0 Å². The number of aromatic nitrogens is 4. The van der Waals surface area contributed by atoms with Gasteiger partial charge in [-0.25, -0.2) is 10.0 Å². The first-order chi connectivity index (χ1) is 11.3. The van der Waals surface area contributed by atoms with Crippen LogP contribution in [-0.4, -0.2) is 54.3 Å². The summed E-state index contributed by atoms with van der Waals surface area (Å²) in [5.41, 5.74) is 1.42. The summed E-state index contributed by atoms with van der Waals surface area (Å²) in [6.07, 6.45) is 0.735. The summed E-state index contributed by atoms with van der Waals surface area (Å²) in [6, 6.07) is 1.80. The zero-order valence-electron chi connectivity index (χ0n) is 14.2. The second-order valence-corrected chi connectivity index (χ2v) is 7.40. The van der Waals surface area contributed by atoms with E-state index in [0.29, 0.717) is 18.8 Å². The van der Waals surface area contributed by atoms with E-state index in [-0.39, 0.29) is 22.9 Å². The zero-order valence-corrected chi connectivity index (χ0v) is 15.0. The molecule has 2 aromatic heterocycles. The molecule has 9 heteroatoms. The van der Waals surface area contributed by atoms with Gasteiger partial charge in [0.2, 0.25) is 0 Å². The highest BCUT2D eigenvalue weighted by Gasteiger charge is 2.34. The Morgan fingerprint density at radius 3 is 2.38 bits per heavy atom. The van der Waals surface area contributed by atoms with Gasteiger partial charge >= 0.3 is 0 Å². The second-order valence-electron chi connectivity index (χ2n) is 6.79. The van der Waals surface area contributed by atoms with E-state index in [9.17, 15) is 9.59 Å². The van der Waals surface area contributed by atoms with Crippen LogP contribution in [0, 0.1) is 0 Å². The van der Waals surface area contributed by atoms with Crippen LogP contribution in [-0.2, 0) is 12.5 Å². The van der Waals surface area contributed by atoms with Crippen molar-refractivity contribution in [2.45, 2.75) is 32.6 Å². The number of hydrogen-bond acceptors (Lipinski definition) is 6. The summed E-state index contributed by atoms with van der Waals surface area (Å²) in [4.78, 5) is 25.4. The van der Waals surface area contributed by atoms with Gasteiger partial charge in [-0.2, -0.15) is 5.10 Å². The normalized spacial score (nSPS) is 15.2. The third-order valence-corrected chi connectivity index (χ3v) is 4.45. The molecule has 8 nitrogen and oxygen atoms in total. The van der Waals surface area contributed by atoms with Crippen LogP contribution in [0.5, 0.6) is 0 Å². The molecule has 24 heavy (non-hydrogen) atoms. The number of hydrazine groups is 1. The van der Waals surface area contributed by atoms with Crippen LogP contribution < -0.4 is 0 Å². The lowest BCUT2D eigenvalue weighted by Crippen LogP contribution is -2.45. The van der Waals surface area contributed by atoms with E-state index in [1.807, 2.05) is 20.8 Å². The number of carbonyl (C=O) groups is 2. The van der Waals surface area contributed by atoms with Crippen LogP contribution in [0.1, 0.15) is 53.9 Å². The van der Waals surface area contributed by atoms with E-state index in [1.165, 1.54) is 10.0 Å². The molecule has 3 rings (SSSR count). The molecule has 0 radical (unpaired) electrons. The molecular weight excluding hydrogens is 328 g/mol. The van der Waals surface area contributed by atoms with Crippen molar-refractivity contribution >= 4 is 23.3 Å². The molecule has 3 heterocycles. The molecule has 2 aromatic rings. The Kier molecular flexibility index (Phi) is 4.12. The molecule has 0 aromatic carbocycles. The maximum atomic E-state index is 12.9. The predicted molar refractivity (Wildman–Crippen MR) is 88.5 cm³/mol. The molecule has 2 amide bonds. The fourth-order valence-corrected chi connectivity index (χ4v) is 3.02. The van der Waals surface area contributed by atoms with E-state index in [2.05, 4.69) is 14.7 Å². The molecule has 0 bridgehead atoms. The van der Waals surface area contributed by atoms with Gasteiger partial charge in [-0.15, -0.1) is 5.10 Å². The lowest BCUT2D eigenvalue weighted by Gasteiger charge is -2.26. The van der Waals surface area contributed by atoms with Crippen molar-refractivity contribution in [2.24, 2.45) is 7.05 Å². The highest BCUT2D eigenvalue weighted by Crippen LogP contribution is 2.23. The fourth-order valence-electron chi connectivity index (χ4n) is 2.59. The maximum absolute atomic E-state index is 12.9. The Morgan fingerprint density at radius 1 is 1.17 bits per heavy atom. The fraction of sp³-hybridized carbons (Fsp3) is 0.533. The molecule has 0 spiro atoms. The quantitative estimate of drug-likeness (QED) is 0.820. The third-order valence-electron chi connectivity index (χ3n) is 3.95. The average Bonchev–Trinajstić information content (AvgIpc) is 3.25. The lowest BCUT2D eigenvalue weighted by molar-refractivity contribution is 0.0175. The van der Waals surface area contributed by atoms with Gasteiger partial charge in [-0.05, 0) is 24.0 Å². The molecule has 1 saturated heterocycles. The van der Waals surface area contributed by atoms with Gasteiger partial charge in [0.1, 0.15) is 5.69 Å². The molecule has 1 aliphatic rings. The largest absolute Gasteiger partial charge is 0.293 e. The molecule has 0 saturated carbocycles. The number of aryl methyl sites for hydroxylation is 1. The number of amides is 2. The summed E-state index contributed by atoms with van der Waals surface area (Å²) >= 11 is 1.12. The summed E-state index contributed by atoms with van der Waals surface area (Å²) in [5, 5.41) is 12.8. The minimum atomic E-state index is -0.298. The Bertz CT molecular complexity index is 762. The second kappa shape index (κ2) is 5.97. The van der Waals surface area contributed by atoms with Crippen LogP contribution >= 0.6 is 11.5 Å². The van der Waals surface area contributed by atoms with E-state index in [4.69, 9.17) is 0 Å². The van der Waals surface area contributed by atoms with Gasteiger partial charge in [0.25, 0.3) is 11.8 Å². The van der Waals surface area contributed by atoms with Gasteiger partial charge in [-0.1, -0.05) is 25.3 Å². The number of carbonyl (C=O) groups excluding carboxylic acids is 2. The van der Waals surface area contributed by atoms with Crippen molar-refractivity contribution in [3.05, 3.63) is 28.5 Å². The Morgan fingerprint density at radius 2 is 1.83 bits per heavy atom. The van der Waals surface area contributed by atoms with Crippen molar-refractivity contribution < 1.29 is 9.59 Å². The van der Waals surface area contributed by atoms with Gasteiger partial charge in [-0.3, -0.25) is 14.3 Å². The van der Waals surface area contributed by atoms with Gasteiger partial charge in [0.05, 0.1) is 5.69 Å². The summed E-state index contributed by atoms with van der Waals surface area (Å²) < 4.78 is 5.29. The smallest absolute Gasteiger partial charge is 0.265 e. The van der Waals surface area contributed by atoms with E-state index < -0.39 is 0 Å². The van der Waals surface area contributed by atoms with Gasteiger partial charge < -0.3 is 0 Å². The SMILES string of the molecule is Cn1nc(C(C)(C)C)cc1C(=O)N1CCCN1C(=O)c1csnn1. The first-order valence-electron chi connectivity index (χ1n) is 7.74. The topological polar surface area (TPSA) is 84.2 Å². The Balaban J connectivity index is 1.86. The third kappa shape index (κ3) is 2.91.